The maximum Gasteiger partial charge on any atom is 0.162 e. The van der Waals surface area contributed by atoms with Gasteiger partial charge in [0.2, 0.25) is 0 Å². The van der Waals surface area contributed by atoms with Gasteiger partial charge in [-0.15, -0.1) is 0 Å². The largest absolute Gasteiger partial charge is 0.493 e. The quantitative estimate of drug-likeness (QED) is 0.206. The number of rotatable bonds is 10. The van der Waals surface area contributed by atoms with Gasteiger partial charge in [-0.05, 0) is 41.3 Å². The van der Waals surface area contributed by atoms with Crippen LogP contribution in [0, 0.1) is 0 Å². The number of halogens is 1. The van der Waals surface area contributed by atoms with Gasteiger partial charge in [0.05, 0.1) is 31.6 Å². The maximum absolute atomic E-state index is 6.36. The highest BCUT2D eigenvalue weighted by atomic mass is 35.5. The van der Waals surface area contributed by atoms with Crippen LogP contribution in [-0.4, -0.2) is 47.6 Å². The zero-order valence-electron chi connectivity index (χ0n) is 21.6. The van der Waals surface area contributed by atoms with Crippen LogP contribution in [0.5, 0.6) is 17.2 Å². The number of hydrogen-bond acceptors (Lipinski definition) is 9. The Morgan fingerprint density at radius 2 is 1.69 bits per heavy atom. The molecule has 0 amide bonds. The first-order valence-electron chi connectivity index (χ1n) is 12.2. The van der Waals surface area contributed by atoms with Gasteiger partial charge in [0.1, 0.15) is 18.2 Å². The van der Waals surface area contributed by atoms with Crippen molar-refractivity contribution in [3.8, 4) is 28.5 Å². The summed E-state index contributed by atoms with van der Waals surface area (Å²) >= 11 is 7.71. The molecular formula is C29H28ClN5O3S. The second kappa shape index (κ2) is 11.9. The normalized spacial score (nSPS) is 12.0. The highest BCUT2D eigenvalue weighted by Crippen LogP contribution is 2.37. The number of anilines is 1. The number of ether oxygens (including phenoxy) is 3. The number of fused-ring (bicyclic) bond motifs is 3. The summed E-state index contributed by atoms with van der Waals surface area (Å²) in [6, 6.07) is 15.3. The standard InChI is InChI=1S/C29H28ClN5O3S/c1-36-27-9-23-22-8-25(35-29(32)24(22)13-34-26(23)10-28(27)37-2)18-7-21(12-33-11-18)38-14-20(31)16-39-15-17-3-5-19(30)6-4-17/h3-13,20H,14-16,31H2,1-2H3,(H2,32,35)/t20-/m1/s1. The molecule has 2 aromatic carbocycles. The van der Waals surface area contributed by atoms with Crippen LogP contribution >= 0.6 is 23.4 Å². The average molecular weight is 562 g/mol. The van der Waals surface area contributed by atoms with Gasteiger partial charge in [-0.3, -0.25) is 9.97 Å². The fraction of sp³-hybridized carbons (Fsp3) is 0.207. The predicted molar refractivity (Wildman–Crippen MR) is 159 cm³/mol. The molecule has 0 aliphatic rings. The molecule has 39 heavy (non-hydrogen) atoms. The lowest BCUT2D eigenvalue weighted by Gasteiger charge is -2.14. The Balaban J connectivity index is 1.33. The van der Waals surface area contributed by atoms with E-state index in [9.17, 15) is 0 Å². The number of nitrogen functional groups attached to an aromatic ring is 1. The Hall–Kier alpha value is -3.79. The van der Waals surface area contributed by atoms with Crippen LogP contribution in [0.25, 0.3) is 32.9 Å². The van der Waals surface area contributed by atoms with Gasteiger partial charge in [0.15, 0.2) is 11.5 Å². The minimum absolute atomic E-state index is 0.133. The van der Waals surface area contributed by atoms with Crippen molar-refractivity contribution in [2.24, 2.45) is 5.73 Å². The number of thioether (sulfide) groups is 1. The summed E-state index contributed by atoms with van der Waals surface area (Å²) in [6.07, 6.45) is 5.12. The topological polar surface area (TPSA) is 118 Å². The van der Waals surface area contributed by atoms with E-state index in [0.717, 1.165) is 43.8 Å². The molecule has 10 heteroatoms. The molecule has 5 rings (SSSR count). The van der Waals surface area contributed by atoms with Gasteiger partial charge in [-0.25, -0.2) is 4.98 Å². The molecule has 0 radical (unpaired) electrons. The van der Waals surface area contributed by atoms with E-state index in [2.05, 4.69) is 15.0 Å². The molecule has 3 heterocycles. The Labute approximate surface area is 235 Å². The molecule has 0 aliphatic carbocycles. The molecule has 0 unspecified atom stereocenters. The summed E-state index contributed by atoms with van der Waals surface area (Å²) in [6.45, 7) is 0.365. The molecule has 0 fully saturated rings. The Bertz CT molecular complexity index is 1620. The first-order valence-corrected chi connectivity index (χ1v) is 13.8. The second-order valence-electron chi connectivity index (χ2n) is 8.96. The van der Waals surface area contributed by atoms with Crippen LogP contribution in [0.4, 0.5) is 5.82 Å². The van der Waals surface area contributed by atoms with E-state index in [1.54, 1.807) is 44.6 Å². The molecule has 4 N–H and O–H groups in total. The Kier molecular flexibility index (Phi) is 8.21. The summed E-state index contributed by atoms with van der Waals surface area (Å²) in [5.74, 6) is 3.81. The summed E-state index contributed by atoms with van der Waals surface area (Å²) in [4.78, 5) is 13.5. The minimum atomic E-state index is -0.133. The number of nitrogens with zero attached hydrogens (tertiary/aromatic N) is 3. The summed E-state index contributed by atoms with van der Waals surface area (Å²) in [7, 11) is 3.20. The summed E-state index contributed by atoms with van der Waals surface area (Å²) < 4.78 is 16.9. The van der Waals surface area contributed by atoms with Crippen LogP contribution in [0.2, 0.25) is 5.02 Å². The van der Waals surface area contributed by atoms with Crippen molar-refractivity contribution >= 4 is 50.9 Å². The zero-order valence-corrected chi connectivity index (χ0v) is 23.1. The lowest BCUT2D eigenvalue weighted by atomic mass is 10.0. The van der Waals surface area contributed by atoms with Gasteiger partial charge >= 0.3 is 0 Å². The molecule has 3 aromatic heterocycles. The van der Waals surface area contributed by atoms with E-state index in [-0.39, 0.29) is 6.04 Å². The fourth-order valence-electron chi connectivity index (χ4n) is 4.20. The monoisotopic (exact) mass is 561 g/mol. The molecule has 8 nitrogen and oxygen atoms in total. The molecule has 5 aromatic rings. The van der Waals surface area contributed by atoms with Crippen molar-refractivity contribution in [3.63, 3.8) is 0 Å². The van der Waals surface area contributed by atoms with Crippen LogP contribution in [0.3, 0.4) is 0 Å². The second-order valence-corrected chi connectivity index (χ2v) is 10.4. The smallest absolute Gasteiger partial charge is 0.162 e. The van der Waals surface area contributed by atoms with Crippen LogP contribution in [0.1, 0.15) is 5.56 Å². The van der Waals surface area contributed by atoms with E-state index in [1.165, 1.54) is 5.56 Å². The molecule has 0 aliphatic heterocycles. The van der Waals surface area contributed by atoms with E-state index >= 15 is 0 Å². The Morgan fingerprint density at radius 3 is 2.46 bits per heavy atom. The molecule has 0 bridgehead atoms. The average Bonchev–Trinajstić information content (AvgIpc) is 2.96. The zero-order chi connectivity index (χ0) is 27.4. The highest BCUT2D eigenvalue weighted by Gasteiger charge is 2.14. The number of benzene rings is 2. The molecule has 200 valence electrons. The third-order valence-electron chi connectivity index (χ3n) is 6.20. The first-order chi connectivity index (χ1) is 18.9. The van der Waals surface area contributed by atoms with Crippen LogP contribution in [0.15, 0.2) is 67.1 Å². The van der Waals surface area contributed by atoms with Gasteiger partial charge in [0, 0.05) is 57.4 Å². The lowest BCUT2D eigenvalue weighted by Crippen LogP contribution is -2.30. The van der Waals surface area contributed by atoms with E-state index in [1.807, 2.05) is 48.5 Å². The van der Waals surface area contributed by atoms with Gasteiger partial charge in [-0.2, -0.15) is 11.8 Å². The van der Waals surface area contributed by atoms with Gasteiger partial charge < -0.3 is 25.7 Å². The minimum Gasteiger partial charge on any atom is -0.493 e. The number of methoxy groups -OCH3 is 2. The highest BCUT2D eigenvalue weighted by molar-refractivity contribution is 7.98. The third kappa shape index (κ3) is 6.11. The lowest BCUT2D eigenvalue weighted by molar-refractivity contribution is 0.297. The van der Waals surface area contributed by atoms with Crippen molar-refractivity contribution in [1.82, 2.24) is 15.0 Å². The summed E-state index contributed by atoms with van der Waals surface area (Å²) in [5, 5.41) is 3.26. The van der Waals surface area contributed by atoms with E-state index < -0.39 is 0 Å². The third-order valence-corrected chi connectivity index (χ3v) is 7.65. The van der Waals surface area contributed by atoms with Crippen LogP contribution < -0.4 is 25.7 Å². The molecule has 0 saturated heterocycles. The van der Waals surface area contributed by atoms with Crippen molar-refractivity contribution in [1.29, 1.82) is 0 Å². The number of hydrogen-bond donors (Lipinski definition) is 2. The number of aromatic nitrogens is 3. The number of pyridine rings is 3. The SMILES string of the molecule is COc1cc2ncc3c(N)nc(-c4cncc(OC[C@@H](N)CSCc5ccc(Cl)cc5)c4)cc3c2cc1OC. The van der Waals surface area contributed by atoms with Crippen molar-refractivity contribution < 1.29 is 14.2 Å². The molecule has 0 spiro atoms. The fourth-order valence-corrected chi connectivity index (χ4v) is 5.27. The van der Waals surface area contributed by atoms with Crippen molar-refractivity contribution in [2.75, 3.05) is 32.3 Å². The summed E-state index contributed by atoms with van der Waals surface area (Å²) in [5.41, 5.74) is 16.1. The Morgan fingerprint density at radius 1 is 0.923 bits per heavy atom. The van der Waals surface area contributed by atoms with Gasteiger partial charge in [0.25, 0.3) is 0 Å². The molecular weight excluding hydrogens is 534 g/mol. The number of nitrogens with two attached hydrogens (primary N) is 2. The van der Waals surface area contributed by atoms with Crippen molar-refractivity contribution in [3.05, 3.63) is 77.7 Å². The first kappa shape index (κ1) is 26.8. The predicted octanol–water partition coefficient (Wildman–Crippen LogP) is 5.74. The van der Waals surface area contributed by atoms with E-state index in [4.69, 9.17) is 37.3 Å². The maximum atomic E-state index is 6.36. The molecule has 0 saturated carbocycles. The van der Waals surface area contributed by atoms with Crippen molar-refractivity contribution in [2.45, 2.75) is 11.8 Å². The van der Waals surface area contributed by atoms with Gasteiger partial charge in [-0.1, -0.05) is 23.7 Å². The van der Waals surface area contributed by atoms with E-state index in [0.29, 0.717) is 35.4 Å². The van der Waals surface area contributed by atoms with Crippen LogP contribution in [-0.2, 0) is 5.75 Å². The molecule has 1 atom stereocenters.